The summed E-state index contributed by atoms with van der Waals surface area (Å²) in [5.41, 5.74) is -4.86. The number of aliphatic hydroxyl groups is 1. The van der Waals surface area contributed by atoms with Crippen molar-refractivity contribution in [3.8, 4) is 6.07 Å². The van der Waals surface area contributed by atoms with Crippen molar-refractivity contribution in [2.75, 3.05) is 50.3 Å². The molecule has 216 valence electrons. The van der Waals surface area contributed by atoms with Crippen LogP contribution in [-0.4, -0.2) is 84.1 Å². The first-order chi connectivity index (χ1) is 18.6. The standard InChI is InChI=1S/C18H14F4N2O4S.C6H12N3PS/c1-17(26,10-29(27,28)14-6-3-12(19)4-7-14)16(25)24-13-5-2-11(9-23)15(8-13)18(20,21)22;11-10(7-1-2-7,8-3-4-8)9-5-6-9/h2-8,26H,10H2,1H3,(H,24,25);1-6H2. The molecule has 0 radical (unpaired) electrons. The smallest absolute Gasteiger partial charge is 0.379 e. The highest BCUT2D eigenvalue weighted by Gasteiger charge is 2.50. The minimum atomic E-state index is -4.86. The van der Waals surface area contributed by atoms with Crippen molar-refractivity contribution >= 4 is 39.7 Å². The maximum atomic E-state index is 13.0. The minimum absolute atomic E-state index is 0.343. The molecule has 3 aliphatic rings. The monoisotopic (exact) mass is 619 g/mol. The van der Waals surface area contributed by atoms with Crippen LogP contribution < -0.4 is 5.32 Å². The molecule has 0 saturated carbocycles. The van der Waals surface area contributed by atoms with Gasteiger partial charge in [-0.15, -0.1) is 0 Å². The van der Waals surface area contributed by atoms with Gasteiger partial charge in [-0.05, 0) is 61.2 Å². The van der Waals surface area contributed by atoms with Crippen molar-refractivity contribution in [1.82, 2.24) is 14.0 Å². The molecule has 1 amide bonds. The van der Waals surface area contributed by atoms with Gasteiger partial charge < -0.3 is 10.4 Å². The van der Waals surface area contributed by atoms with Crippen molar-refractivity contribution in [2.45, 2.75) is 23.6 Å². The van der Waals surface area contributed by atoms with E-state index in [2.05, 4.69) is 14.0 Å². The fourth-order valence-corrected chi connectivity index (χ4v) is 9.80. The largest absolute Gasteiger partial charge is 0.417 e. The van der Waals surface area contributed by atoms with Crippen LogP contribution in [0.1, 0.15) is 18.1 Å². The van der Waals surface area contributed by atoms with Crippen molar-refractivity contribution in [3.05, 3.63) is 59.4 Å². The Labute approximate surface area is 234 Å². The van der Waals surface area contributed by atoms with E-state index in [4.69, 9.17) is 17.1 Å². The summed E-state index contributed by atoms with van der Waals surface area (Å²) in [5, 5.41) is 21.1. The molecule has 3 fully saturated rings. The molecule has 1 atom stereocenters. The van der Waals surface area contributed by atoms with E-state index in [1.165, 1.54) is 45.3 Å². The van der Waals surface area contributed by atoms with Gasteiger partial charge in [0.1, 0.15) is 12.3 Å². The Morgan fingerprint density at radius 1 is 1.05 bits per heavy atom. The number of nitrogens with one attached hydrogen (secondary N) is 1. The van der Waals surface area contributed by atoms with Gasteiger partial charge >= 0.3 is 6.18 Å². The van der Waals surface area contributed by atoms with Crippen molar-refractivity contribution in [2.24, 2.45) is 0 Å². The number of carbonyl (C=O) groups is 1. The molecule has 0 spiro atoms. The number of hydrogen-bond acceptors (Lipinski definition) is 6. The Balaban J connectivity index is 0.000000273. The second-order valence-electron chi connectivity index (χ2n) is 9.69. The van der Waals surface area contributed by atoms with Crippen LogP contribution in [0.15, 0.2) is 47.4 Å². The lowest BCUT2D eigenvalue weighted by atomic mass is 10.1. The van der Waals surface area contributed by atoms with Gasteiger partial charge in [0.15, 0.2) is 15.4 Å². The third-order valence-electron chi connectivity index (χ3n) is 6.21. The van der Waals surface area contributed by atoms with Gasteiger partial charge in [0.25, 0.3) is 5.91 Å². The van der Waals surface area contributed by atoms with E-state index in [-0.39, 0.29) is 10.6 Å². The lowest BCUT2D eigenvalue weighted by Crippen LogP contribution is -2.45. The first kappa shape index (κ1) is 30.5. The second kappa shape index (κ2) is 11.1. The summed E-state index contributed by atoms with van der Waals surface area (Å²) in [5.74, 6) is -3.06. The zero-order valence-corrected chi connectivity index (χ0v) is 23.8. The highest BCUT2D eigenvalue weighted by molar-refractivity contribution is 8.11. The number of anilines is 1. The molecule has 3 aliphatic heterocycles. The number of amides is 1. The van der Waals surface area contributed by atoms with E-state index in [1.54, 1.807) is 0 Å². The number of hydrogen-bond donors (Lipinski definition) is 2. The summed E-state index contributed by atoms with van der Waals surface area (Å²) in [6, 6.07) is 7.40. The highest BCUT2D eigenvalue weighted by atomic mass is 32.4. The molecule has 3 saturated heterocycles. The second-order valence-corrected chi connectivity index (χ2v) is 15.9. The van der Waals surface area contributed by atoms with Gasteiger partial charge in [-0.1, -0.05) is 0 Å². The summed E-state index contributed by atoms with van der Waals surface area (Å²) < 4.78 is 84.1. The zero-order valence-electron chi connectivity index (χ0n) is 21.2. The predicted molar refractivity (Wildman–Crippen MR) is 143 cm³/mol. The molecule has 2 aromatic carbocycles. The quantitative estimate of drug-likeness (QED) is 0.199. The Morgan fingerprint density at radius 2 is 1.55 bits per heavy atom. The fourth-order valence-electron chi connectivity index (χ4n) is 3.83. The van der Waals surface area contributed by atoms with Crippen molar-refractivity contribution < 1.29 is 35.9 Å². The van der Waals surface area contributed by atoms with Crippen LogP contribution in [0.5, 0.6) is 0 Å². The fraction of sp³-hybridized carbons (Fsp3) is 0.417. The highest BCUT2D eigenvalue weighted by Crippen LogP contribution is 2.65. The number of benzene rings is 2. The van der Waals surface area contributed by atoms with Gasteiger partial charge in [-0.2, -0.15) is 18.4 Å². The van der Waals surface area contributed by atoms with Gasteiger partial charge in [-0.25, -0.2) is 26.8 Å². The number of nitrogens with zero attached hydrogens (tertiary/aromatic N) is 4. The number of alkyl halides is 3. The number of carbonyl (C=O) groups excluding carboxylic acids is 1. The molecule has 0 aromatic heterocycles. The number of sulfone groups is 1. The normalized spacial score (nSPS) is 19.0. The first-order valence-corrected chi connectivity index (χ1v) is 16.4. The van der Waals surface area contributed by atoms with Crippen molar-refractivity contribution in [3.63, 3.8) is 0 Å². The maximum absolute atomic E-state index is 13.0. The van der Waals surface area contributed by atoms with E-state index in [0.29, 0.717) is 6.07 Å². The van der Waals surface area contributed by atoms with Gasteiger partial charge in [0.2, 0.25) is 0 Å². The maximum Gasteiger partial charge on any atom is 0.417 e. The Bertz CT molecular complexity index is 1450. The lowest BCUT2D eigenvalue weighted by molar-refractivity contribution is -0.137. The van der Waals surface area contributed by atoms with Crippen LogP contribution >= 0.6 is 6.49 Å². The SMILES string of the molecule is CC(O)(CS(=O)(=O)c1ccc(F)cc1)C(=O)Nc1ccc(C#N)c(C(F)(F)F)c1.S=P(N1CC1)(N1CC1)N1CC1. The molecule has 9 nitrogen and oxygen atoms in total. The van der Waals surface area contributed by atoms with Crippen LogP contribution in [0.2, 0.25) is 0 Å². The Hall–Kier alpha value is -2.44. The summed E-state index contributed by atoms with van der Waals surface area (Å²) in [7, 11) is -4.21. The molecule has 1 unspecified atom stereocenters. The number of nitriles is 1. The molecular formula is C24H26F4N5O4PS2. The van der Waals surface area contributed by atoms with Crippen LogP contribution in [0, 0.1) is 17.1 Å². The molecular weight excluding hydrogens is 593 g/mol. The van der Waals surface area contributed by atoms with Gasteiger partial charge in [0, 0.05) is 45.0 Å². The van der Waals surface area contributed by atoms with E-state index in [9.17, 15) is 35.9 Å². The minimum Gasteiger partial charge on any atom is -0.379 e. The van der Waals surface area contributed by atoms with E-state index < -0.39 is 56.7 Å². The van der Waals surface area contributed by atoms with Crippen molar-refractivity contribution in [1.29, 1.82) is 5.26 Å². The average molecular weight is 620 g/mol. The van der Waals surface area contributed by atoms with E-state index >= 15 is 0 Å². The van der Waals surface area contributed by atoms with Gasteiger partial charge in [0.05, 0.1) is 27.8 Å². The molecule has 3 heterocycles. The van der Waals surface area contributed by atoms with Crippen LogP contribution in [0.25, 0.3) is 0 Å². The molecule has 2 N–H and O–H groups in total. The molecule has 5 rings (SSSR count). The molecule has 16 heteroatoms. The average Bonchev–Trinajstić information content (AvgIpc) is 3.70. The third kappa shape index (κ3) is 7.06. The summed E-state index contributed by atoms with van der Waals surface area (Å²) >= 11 is 5.75. The first-order valence-electron chi connectivity index (χ1n) is 12.1. The van der Waals surface area contributed by atoms with Crippen LogP contribution in [0.3, 0.4) is 0 Å². The topological polar surface area (TPSA) is 116 Å². The van der Waals surface area contributed by atoms with E-state index in [1.807, 2.05) is 5.32 Å². The number of halogens is 4. The molecule has 0 bridgehead atoms. The van der Waals surface area contributed by atoms with E-state index in [0.717, 1.165) is 43.3 Å². The third-order valence-corrected chi connectivity index (χ3v) is 13.6. The zero-order chi connectivity index (χ0) is 29.5. The van der Waals surface area contributed by atoms with Crippen LogP contribution in [-0.2, 0) is 32.6 Å². The lowest BCUT2D eigenvalue weighted by Gasteiger charge is -2.25. The van der Waals surface area contributed by atoms with Crippen LogP contribution in [0.4, 0.5) is 23.2 Å². The molecule has 2 aromatic rings. The summed E-state index contributed by atoms with van der Waals surface area (Å²) in [6.45, 7) is 7.13. The summed E-state index contributed by atoms with van der Waals surface area (Å²) in [6.07, 6.45) is -4.86. The predicted octanol–water partition coefficient (Wildman–Crippen LogP) is 3.04. The number of rotatable bonds is 8. The molecule has 0 aliphatic carbocycles. The van der Waals surface area contributed by atoms with Gasteiger partial charge in [-0.3, -0.25) is 4.79 Å². The Kier molecular flexibility index (Phi) is 8.46. The summed E-state index contributed by atoms with van der Waals surface area (Å²) in [4.78, 5) is 11.9. The molecule has 40 heavy (non-hydrogen) atoms. The Morgan fingerprint density at radius 3 is 1.98 bits per heavy atom.